The number of carbonyl (C=O) groups is 1. The SMILES string of the molecule is CC1Cc2ccc(C3CC3)cc2C(C(=O)O)N1. The molecule has 0 amide bonds. The lowest BCUT2D eigenvalue weighted by atomic mass is 9.88. The first kappa shape index (κ1) is 10.8. The summed E-state index contributed by atoms with van der Waals surface area (Å²) in [5.74, 6) is -0.0974. The van der Waals surface area contributed by atoms with Crippen LogP contribution in [0.15, 0.2) is 18.2 Å². The van der Waals surface area contributed by atoms with Crippen molar-refractivity contribution in [3.05, 3.63) is 34.9 Å². The minimum absolute atomic E-state index is 0.232. The summed E-state index contributed by atoms with van der Waals surface area (Å²) in [4.78, 5) is 11.3. The molecular formula is C14H17NO2. The van der Waals surface area contributed by atoms with Crippen LogP contribution in [0.5, 0.6) is 0 Å². The number of hydrogen-bond donors (Lipinski definition) is 2. The maximum Gasteiger partial charge on any atom is 0.325 e. The Kier molecular flexibility index (Phi) is 2.44. The number of aliphatic carboxylic acids is 1. The van der Waals surface area contributed by atoms with Crippen LogP contribution in [0.4, 0.5) is 0 Å². The van der Waals surface area contributed by atoms with E-state index in [1.54, 1.807) is 0 Å². The van der Waals surface area contributed by atoms with Crippen molar-refractivity contribution in [1.82, 2.24) is 5.32 Å². The van der Waals surface area contributed by atoms with Gasteiger partial charge in [0.05, 0.1) is 0 Å². The zero-order valence-corrected chi connectivity index (χ0v) is 9.94. The van der Waals surface area contributed by atoms with Crippen LogP contribution in [0.25, 0.3) is 0 Å². The van der Waals surface area contributed by atoms with Crippen LogP contribution in [0.2, 0.25) is 0 Å². The van der Waals surface area contributed by atoms with Gasteiger partial charge in [-0.2, -0.15) is 0 Å². The molecule has 2 aliphatic rings. The number of hydrogen-bond acceptors (Lipinski definition) is 2. The first-order valence-corrected chi connectivity index (χ1v) is 6.26. The van der Waals surface area contributed by atoms with Crippen molar-refractivity contribution < 1.29 is 9.90 Å². The number of carboxylic acids is 1. The molecule has 1 heterocycles. The van der Waals surface area contributed by atoms with Gasteiger partial charge in [-0.3, -0.25) is 10.1 Å². The fraction of sp³-hybridized carbons (Fsp3) is 0.500. The second-order valence-electron chi connectivity index (χ2n) is 5.28. The zero-order chi connectivity index (χ0) is 12.0. The average Bonchev–Trinajstić information content (AvgIpc) is 3.11. The van der Waals surface area contributed by atoms with Crippen molar-refractivity contribution >= 4 is 5.97 Å². The highest BCUT2D eigenvalue weighted by Crippen LogP contribution is 2.41. The smallest absolute Gasteiger partial charge is 0.325 e. The molecule has 2 unspecified atom stereocenters. The van der Waals surface area contributed by atoms with Crippen molar-refractivity contribution in [2.75, 3.05) is 0 Å². The van der Waals surface area contributed by atoms with Gasteiger partial charge in [-0.15, -0.1) is 0 Å². The van der Waals surface area contributed by atoms with E-state index in [1.807, 2.05) is 6.92 Å². The number of benzene rings is 1. The molecule has 0 spiro atoms. The van der Waals surface area contributed by atoms with Crippen molar-refractivity contribution in [2.24, 2.45) is 0 Å². The molecule has 0 saturated heterocycles. The molecule has 0 radical (unpaired) electrons. The third-order valence-corrected chi connectivity index (χ3v) is 3.75. The van der Waals surface area contributed by atoms with E-state index in [4.69, 9.17) is 0 Å². The van der Waals surface area contributed by atoms with Crippen molar-refractivity contribution in [3.8, 4) is 0 Å². The summed E-state index contributed by atoms with van der Waals surface area (Å²) in [5.41, 5.74) is 3.47. The summed E-state index contributed by atoms with van der Waals surface area (Å²) < 4.78 is 0. The van der Waals surface area contributed by atoms with Gasteiger partial charge in [0.25, 0.3) is 0 Å². The van der Waals surface area contributed by atoms with E-state index in [1.165, 1.54) is 24.0 Å². The Hall–Kier alpha value is -1.35. The summed E-state index contributed by atoms with van der Waals surface area (Å²) in [6.45, 7) is 2.04. The van der Waals surface area contributed by atoms with E-state index in [0.29, 0.717) is 5.92 Å². The molecule has 3 nitrogen and oxygen atoms in total. The van der Waals surface area contributed by atoms with E-state index in [0.717, 1.165) is 12.0 Å². The van der Waals surface area contributed by atoms with Gasteiger partial charge in [-0.25, -0.2) is 0 Å². The molecule has 1 aromatic rings. The van der Waals surface area contributed by atoms with Gasteiger partial charge >= 0.3 is 5.97 Å². The van der Waals surface area contributed by atoms with Crippen LogP contribution in [0.3, 0.4) is 0 Å². The molecule has 3 rings (SSSR count). The van der Waals surface area contributed by atoms with Crippen molar-refractivity contribution in [1.29, 1.82) is 0 Å². The Morgan fingerprint density at radius 3 is 2.82 bits per heavy atom. The molecular weight excluding hydrogens is 214 g/mol. The molecule has 1 saturated carbocycles. The van der Waals surface area contributed by atoms with Crippen molar-refractivity contribution in [3.63, 3.8) is 0 Å². The summed E-state index contributed by atoms with van der Waals surface area (Å²) in [5, 5.41) is 12.4. The van der Waals surface area contributed by atoms with E-state index in [2.05, 4.69) is 23.5 Å². The molecule has 1 fully saturated rings. The van der Waals surface area contributed by atoms with Gasteiger partial charge in [-0.1, -0.05) is 18.2 Å². The largest absolute Gasteiger partial charge is 0.480 e. The normalized spacial score (nSPS) is 27.6. The first-order valence-electron chi connectivity index (χ1n) is 6.26. The minimum Gasteiger partial charge on any atom is -0.480 e. The first-order chi connectivity index (χ1) is 8.15. The lowest BCUT2D eigenvalue weighted by molar-refractivity contribution is -0.140. The lowest BCUT2D eigenvalue weighted by Gasteiger charge is -2.29. The minimum atomic E-state index is -0.772. The Bertz CT molecular complexity index is 465. The van der Waals surface area contributed by atoms with Gasteiger partial charge in [0, 0.05) is 6.04 Å². The summed E-state index contributed by atoms with van der Waals surface area (Å²) in [6, 6.07) is 6.09. The number of fused-ring (bicyclic) bond motifs is 1. The highest BCUT2D eigenvalue weighted by molar-refractivity contribution is 5.76. The predicted octanol–water partition coefficient (Wildman–Crippen LogP) is 2.22. The summed E-state index contributed by atoms with van der Waals surface area (Å²) >= 11 is 0. The molecule has 2 N–H and O–H groups in total. The molecule has 2 atom stereocenters. The standard InChI is InChI=1S/C14H17NO2/c1-8-6-11-5-4-10(9-2-3-9)7-12(11)13(15-8)14(16)17/h4-5,7-9,13,15H,2-3,6H2,1H3,(H,16,17). The molecule has 3 heteroatoms. The fourth-order valence-corrected chi connectivity index (χ4v) is 2.71. The monoisotopic (exact) mass is 231 g/mol. The molecule has 1 aliphatic heterocycles. The second-order valence-corrected chi connectivity index (χ2v) is 5.28. The van der Waals surface area contributed by atoms with Crippen LogP contribution >= 0.6 is 0 Å². The molecule has 0 bridgehead atoms. The van der Waals surface area contributed by atoms with Gasteiger partial charge in [0.15, 0.2) is 0 Å². The Morgan fingerprint density at radius 1 is 1.41 bits per heavy atom. The van der Waals surface area contributed by atoms with Gasteiger partial charge < -0.3 is 5.11 Å². The maximum absolute atomic E-state index is 11.3. The van der Waals surface area contributed by atoms with Gasteiger partial charge in [0.1, 0.15) is 6.04 Å². The van der Waals surface area contributed by atoms with E-state index < -0.39 is 12.0 Å². The molecule has 90 valence electrons. The fourth-order valence-electron chi connectivity index (χ4n) is 2.71. The van der Waals surface area contributed by atoms with Crippen molar-refractivity contribution in [2.45, 2.75) is 44.2 Å². The summed E-state index contributed by atoms with van der Waals surface area (Å²) in [6.07, 6.45) is 3.42. The maximum atomic E-state index is 11.3. The average molecular weight is 231 g/mol. The lowest BCUT2D eigenvalue weighted by Crippen LogP contribution is -2.41. The number of rotatable bonds is 2. The van der Waals surface area contributed by atoms with E-state index in [-0.39, 0.29) is 6.04 Å². The molecule has 1 aromatic carbocycles. The Labute approximate surface area is 101 Å². The quantitative estimate of drug-likeness (QED) is 0.820. The topological polar surface area (TPSA) is 49.3 Å². The molecule has 1 aliphatic carbocycles. The zero-order valence-electron chi connectivity index (χ0n) is 9.94. The van der Waals surface area contributed by atoms with Crippen LogP contribution in [-0.2, 0) is 11.2 Å². The van der Waals surface area contributed by atoms with Crippen LogP contribution < -0.4 is 5.32 Å². The van der Waals surface area contributed by atoms with Crippen LogP contribution in [0, 0.1) is 0 Å². The summed E-state index contributed by atoms with van der Waals surface area (Å²) in [7, 11) is 0. The van der Waals surface area contributed by atoms with E-state index in [9.17, 15) is 9.90 Å². The number of nitrogens with one attached hydrogen (secondary N) is 1. The Balaban J connectivity index is 2.02. The number of carboxylic acid groups (broad SMARTS) is 1. The third-order valence-electron chi connectivity index (χ3n) is 3.75. The third kappa shape index (κ3) is 1.95. The highest BCUT2D eigenvalue weighted by atomic mass is 16.4. The van der Waals surface area contributed by atoms with Gasteiger partial charge in [-0.05, 0) is 48.8 Å². The molecule has 0 aromatic heterocycles. The predicted molar refractivity (Wildman–Crippen MR) is 65.1 cm³/mol. The van der Waals surface area contributed by atoms with Gasteiger partial charge in [0.2, 0.25) is 0 Å². The second kappa shape index (κ2) is 3.84. The molecule has 17 heavy (non-hydrogen) atoms. The highest BCUT2D eigenvalue weighted by Gasteiger charge is 2.31. The van der Waals surface area contributed by atoms with Crippen LogP contribution in [0.1, 0.15) is 48.4 Å². The van der Waals surface area contributed by atoms with Crippen LogP contribution in [-0.4, -0.2) is 17.1 Å². The van der Waals surface area contributed by atoms with E-state index >= 15 is 0 Å². The Morgan fingerprint density at radius 2 is 2.18 bits per heavy atom.